The number of nitrogen functional groups attached to an aromatic ring is 1. The molecule has 0 bridgehead atoms. The second kappa shape index (κ2) is 5.62. The Morgan fingerprint density at radius 2 is 2.20 bits per heavy atom. The number of hydrogen-bond donors (Lipinski definition) is 2. The highest BCUT2D eigenvalue weighted by Crippen LogP contribution is 2.16. The Labute approximate surface area is 119 Å². The van der Waals surface area contributed by atoms with Crippen LogP contribution in [0.25, 0.3) is 11.0 Å². The molecule has 2 aromatic rings. The van der Waals surface area contributed by atoms with Gasteiger partial charge in [0, 0.05) is 18.8 Å². The molecular formula is C13H18N4O2S. The molecule has 1 amide bonds. The van der Waals surface area contributed by atoms with Gasteiger partial charge in [0.15, 0.2) is 5.16 Å². The maximum absolute atomic E-state index is 12.2. The third-order valence-electron chi connectivity index (χ3n) is 3.12. The molecule has 1 atom stereocenters. The van der Waals surface area contributed by atoms with Gasteiger partial charge in [0.05, 0.1) is 21.8 Å². The Bertz CT molecular complexity index is 665. The molecule has 0 aliphatic heterocycles. The first-order chi connectivity index (χ1) is 9.38. The fourth-order valence-corrected chi connectivity index (χ4v) is 2.67. The zero-order chi connectivity index (χ0) is 14.9. The number of amides is 1. The molecule has 0 saturated carbocycles. The van der Waals surface area contributed by atoms with E-state index in [0.29, 0.717) is 16.4 Å². The zero-order valence-corrected chi connectivity index (χ0v) is 12.5. The number of anilines is 1. The lowest BCUT2D eigenvalue weighted by atomic mass is 10.3. The van der Waals surface area contributed by atoms with Crippen LogP contribution in [0.4, 0.5) is 5.69 Å². The Morgan fingerprint density at radius 3 is 2.85 bits per heavy atom. The monoisotopic (exact) mass is 294 g/mol. The van der Waals surface area contributed by atoms with E-state index >= 15 is 0 Å². The van der Waals surface area contributed by atoms with Crippen molar-refractivity contribution in [1.82, 2.24) is 14.9 Å². The number of carbonyl (C=O) groups excluding carboxylic acids is 1. The Hall–Kier alpha value is -1.89. The van der Waals surface area contributed by atoms with Crippen molar-refractivity contribution in [3.05, 3.63) is 18.2 Å². The van der Waals surface area contributed by atoms with Crippen LogP contribution in [0.3, 0.4) is 0 Å². The number of rotatable bonds is 4. The number of hydrogen-bond acceptors (Lipinski definition) is 4. The minimum Gasteiger partial charge on any atom is -0.399 e. The van der Waals surface area contributed by atoms with Crippen molar-refractivity contribution >= 4 is 33.4 Å². The van der Waals surface area contributed by atoms with Gasteiger partial charge in [-0.25, -0.2) is 4.98 Å². The molecule has 3 N–H and O–H groups in total. The zero-order valence-electron chi connectivity index (χ0n) is 11.7. The van der Waals surface area contributed by atoms with Crippen molar-refractivity contribution in [2.24, 2.45) is 0 Å². The third kappa shape index (κ3) is 2.98. The van der Waals surface area contributed by atoms with Crippen molar-refractivity contribution < 1.29 is 9.00 Å². The molecule has 20 heavy (non-hydrogen) atoms. The SMILES string of the molecule is CC(C)N(C)C(=O)CS(=O)c1nc2ccc(N)cc2[nH]1. The van der Waals surface area contributed by atoms with Crippen LogP contribution in [0.1, 0.15) is 13.8 Å². The van der Waals surface area contributed by atoms with Crippen molar-refractivity contribution in [2.75, 3.05) is 18.5 Å². The van der Waals surface area contributed by atoms with Gasteiger partial charge in [-0.1, -0.05) is 0 Å². The number of aromatic amines is 1. The van der Waals surface area contributed by atoms with Gasteiger partial charge in [-0.3, -0.25) is 9.00 Å². The van der Waals surface area contributed by atoms with E-state index < -0.39 is 10.8 Å². The summed E-state index contributed by atoms with van der Waals surface area (Å²) in [5.41, 5.74) is 7.69. The lowest BCUT2D eigenvalue weighted by Crippen LogP contribution is -2.36. The molecule has 1 aromatic heterocycles. The lowest BCUT2D eigenvalue weighted by molar-refractivity contribution is -0.128. The molecule has 0 aliphatic carbocycles. The van der Waals surface area contributed by atoms with E-state index in [4.69, 9.17) is 5.73 Å². The highest BCUT2D eigenvalue weighted by Gasteiger charge is 2.18. The molecule has 0 spiro atoms. The summed E-state index contributed by atoms with van der Waals surface area (Å²) >= 11 is 0. The van der Waals surface area contributed by atoms with E-state index in [-0.39, 0.29) is 17.7 Å². The topological polar surface area (TPSA) is 92.1 Å². The highest BCUT2D eigenvalue weighted by atomic mass is 32.2. The first-order valence-corrected chi connectivity index (χ1v) is 7.59. The van der Waals surface area contributed by atoms with Crippen molar-refractivity contribution in [1.29, 1.82) is 0 Å². The maximum Gasteiger partial charge on any atom is 0.235 e. The van der Waals surface area contributed by atoms with Crippen molar-refractivity contribution in [3.63, 3.8) is 0 Å². The maximum atomic E-state index is 12.2. The summed E-state index contributed by atoms with van der Waals surface area (Å²) in [6.45, 7) is 3.82. The van der Waals surface area contributed by atoms with Gasteiger partial charge >= 0.3 is 0 Å². The molecule has 0 aliphatic rings. The predicted octanol–water partition coefficient (Wildman–Crippen LogP) is 1.12. The minimum absolute atomic E-state index is 0.0787. The number of carbonyl (C=O) groups is 1. The van der Waals surface area contributed by atoms with Gasteiger partial charge in [-0.15, -0.1) is 0 Å². The average molecular weight is 294 g/mol. The van der Waals surface area contributed by atoms with Gasteiger partial charge in [0.2, 0.25) is 5.91 Å². The summed E-state index contributed by atoms with van der Waals surface area (Å²) in [6, 6.07) is 5.29. The predicted molar refractivity (Wildman–Crippen MR) is 79.7 cm³/mol. The summed E-state index contributed by atoms with van der Waals surface area (Å²) < 4.78 is 12.2. The molecule has 6 nitrogen and oxygen atoms in total. The van der Waals surface area contributed by atoms with Gasteiger partial charge in [0.1, 0.15) is 5.75 Å². The van der Waals surface area contributed by atoms with Crippen LogP contribution in [-0.2, 0) is 15.6 Å². The van der Waals surface area contributed by atoms with Crippen molar-refractivity contribution in [2.45, 2.75) is 25.0 Å². The van der Waals surface area contributed by atoms with E-state index in [2.05, 4.69) is 9.97 Å². The summed E-state index contributed by atoms with van der Waals surface area (Å²) in [5.74, 6) is -0.248. The Morgan fingerprint density at radius 1 is 1.50 bits per heavy atom. The van der Waals surface area contributed by atoms with Crippen LogP contribution in [0, 0.1) is 0 Å². The van der Waals surface area contributed by atoms with Crippen LogP contribution < -0.4 is 5.73 Å². The molecule has 1 heterocycles. The van der Waals surface area contributed by atoms with E-state index in [1.165, 1.54) is 0 Å². The first-order valence-electron chi connectivity index (χ1n) is 6.27. The molecular weight excluding hydrogens is 276 g/mol. The summed E-state index contributed by atoms with van der Waals surface area (Å²) in [6.07, 6.45) is 0. The van der Waals surface area contributed by atoms with Gasteiger partial charge < -0.3 is 15.6 Å². The van der Waals surface area contributed by atoms with E-state index in [0.717, 1.165) is 5.52 Å². The quantitative estimate of drug-likeness (QED) is 0.826. The second-order valence-corrected chi connectivity index (χ2v) is 6.27. The molecule has 7 heteroatoms. The number of imidazole rings is 1. The number of nitrogens with zero attached hydrogens (tertiary/aromatic N) is 2. The van der Waals surface area contributed by atoms with Crippen LogP contribution in [0.2, 0.25) is 0 Å². The smallest absolute Gasteiger partial charge is 0.235 e. The van der Waals surface area contributed by atoms with Gasteiger partial charge in [-0.2, -0.15) is 0 Å². The highest BCUT2D eigenvalue weighted by molar-refractivity contribution is 7.85. The first kappa shape index (κ1) is 14.5. The van der Waals surface area contributed by atoms with Crippen LogP contribution in [0.5, 0.6) is 0 Å². The fraction of sp³-hybridized carbons (Fsp3) is 0.385. The standard InChI is InChI=1S/C13H18N4O2S/c1-8(2)17(3)12(18)7-20(19)13-15-10-5-4-9(14)6-11(10)16-13/h4-6,8H,7,14H2,1-3H3,(H,15,16). The summed E-state index contributed by atoms with van der Waals surface area (Å²) in [7, 11) is 0.209. The lowest BCUT2D eigenvalue weighted by Gasteiger charge is -2.20. The van der Waals surface area contributed by atoms with Gasteiger partial charge in [-0.05, 0) is 32.0 Å². The molecule has 0 saturated heterocycles. The summed E-state index contributed by atoms with van der Waals surface area (Å²) in [5, 5.41) is 0.302. The largest absolute Gasteiger partial charge is 0.399 e. The summed E-state index contributed by atoms with van der Waals surface area (Å²) in [4.78, 5) is 20.7. The van der Waals surface area contributed by atoms with E-state index in [1.54, 1.807) is 30.1 Å². The number of H-pyrrole nitrogens is 1. The van der Waals surface area contributed by atoms with Crippen LogP contribution >= 0.6 is 0 Å². The number of benzene rings is 1. The van der Waals surface area contributed by atoms with Crippen molar-refractivity contribution in [3.8, 4) is 0 Å². The number of nitrogens with one attached hydrogen (secondary N) is 1. The second-order valence-electron chi connectivity index (χ2n) is 4.91. The molecule has 2 rings (SSSR count). The Kier molecular flexibility index (Phi) is 4.08. The molecule has 108 valence electrons. The fourth-order valence-electron chi connectivity index (χ4n) is 1.68. The van der Waals surface area contributed by atoms with E-state index in [9.17, 15) is 9.00 Å². The molecule has 1 aromatic carbocycles. The Balaban J connectivity index is 2.17. The third-order valence-corrected chi connectivity index (χ3v) is 4.26. The minimum atomic E-state index is -1.49. The number of fused-ring (bicyclic) bond motifs is 1. The normalized spacial score (nSPS) is 12.8. The number of nitrogens with two attached hydrogens (primary N) is 1. The molecule has 1 unspecified atom stereocenters. The van der Waals surface area contributed by atoms with Crippen LogP contribution in [-0.4, -0.2) is 43.8 Å². The number of aromatic nitrogens is 2. The average Bonchev–Trinajstić information content (AvgIpc) is 2.80. The van der Waals surface area contributed by atoms with Crippen LogP contribution in [0.15, 0.2) is 23.4 Å². The van der Waals surface area contributed by atoms with Gasteiger partial charge in [0.25, 0.3) is 0 Å². The molecule has 0 fully saturated rings. The van der Waals surface area contributed by atoms with E-state index in [1.807, 2.05) is 13.8 Å². The molecule has 0 radical (unpaired) electrons.